The average molecular weight is 527 g/mol. The van der Waals surface area contributed by atoms with Crippen molar-refractivity contribution in [3.8, 4) is 6.07 Å². The fraction of sp³-hybridized carbons (Fsp3) is 0.318. The third kappa shape index (κ3) is 5.76. The molecule has 0 radical (unpaired) electrons. The van der Waals surface area contributed by atoms with Gasteiger partial charge in [0, 0.05) is 29.9 Å². The molecule has 1 heterocycles. The number of benzene rings is 2. The summed E-state index contributed by atoms with van der Waals surface area (Å²) in [5.41, 5.74) is 2.82. The van der Waals surface area contributed by atoms with Crippen molar-refractivity contribution in [2.24, 2.45) is 0 Å². The molecule has 0 unspecified atom stereocenters. The summed E-state index contributed by atoms with van der Waals surface area (Å²) in [5.74, 6) is -0.248. The Balaban J connectivity index is 0.00000225. The molecular weight excluding hydrogens is 504 g/mol. The molecule has 1 aliphatic heterocycles. The number of anilines is 2. The van der Waals surface area contributed by atoms with Crippen LogP contribution in [-0.2, 0) is 14.9 Å². The van der Waals surface area contributed by atoms with Crippen molar-refractivity contribution < 1.29 is 67.9 Å². The van der Waals surface area contributed by atoms with Gasteiger partial charge >= 0.3 is 41.6 Å². The van der Waals surface area contributed by atoms with Gasteiger partial charge in [-0.1, -0.05) is 26.0 Å². The number of nitriles is 1. The van der Waals surface area contributed by atoms with Crippen molar-refractivity contribution in [1.29, 1.82) is 5.26 Å². The summed E-state index contributed by atoms with van der Waals surface area (Å²) >= 11 is 0. The Hall–Kier alpha value is -1.60. The molecule has 0 bridgehead atoms. The number of halogens is 1. The zero-order chi connectivity index (χ0) is 20.3. The summed E-state index contributed by atoms with van der Waals surface area (Å²) in [5, 5.41) is 8.91. The van der Waals surface area contributed by atoms with Gasteiger partial charge in [-0.15, -0.1) is 0 Å². The van der Waals surface area contributed by atoms with Crippen LogP contribution >= 0.6 is 0 Å². The van der Waals surface area contributed by atoms with E-state index in [9.17, 15) is 9.59 Å². The molecule has 8 heteroatoms. The summed E-state index contributed by atoms with van der Waals surface area (Å²) in [6, 6.07) is 16.7. The molecule has 0 atom stereocenters. The summed E-state index contributed by atoms with van der Waals surface area (Å²) in [6.45, 7) is 5.16. The van der Waals surface area contributed by atoms with Crippen LogP contribution in [0.3, 0.4) is 0 Å². The van der Waals surface area contributed by atoms with E-state index in [0.29, 0.717) is 18.7 Å². The normalized spacial score (nSPS) is 13.2. The minimum atomic E-state index is -0.352. The summed E-state index contributed by atoms with van der Waals surface area (Å²) in [6.07, 6.45) is 0.290. The Bertz CT molecular complexity index is 924. The second kappa shape index (κ2) is 11.1. The Morgan fingerprint density at radius 1 is 1.03 bits per heavy atom. The van der Waals surface area contributed by atoms with Crippen molar-refractivity contribution >= 4 is 23.4 Å². The van der Waals surface area contributed by atoms with Crippen molar-refractivity contribution in [1.82, 2.24) is 0 Å². The van der Waals surface area contributed by atoms with Crippen molar-refractivity contribution in [2.75, 3.05) is 30.0 Å². The molecule has 0 saturated carbocycles. The summed E-state index contributed by atoms with van der Waals surface area (Å²) in [7, 11) is 1.39. The van der Waals surface area contributed by atoms with E-state index in [2.05, 4.69) is 6.07 Å². The molecule has 2 aromatic carbocycles. The number of urea groups is 1. The molecular formula is C22H23IN3NaO3. The number of esters is 1. The van der Waals surface area contributed by atoms with E-state index in [0.717, 1.165) is 16.9 Å². The average Bonchev–Trinajstić information content (AvgIpc) is 3.09. The first-order chi connectivity index (χ1) is 13.4. The van der Waals surface area contributed by atoms with E-state index in [1.807, 2.05) is 38.1 Å². The van der Waals surface area contributed by atoms with Crippen LogP contribution in [0.15, 0.2) is 48.5 Å². The molecule has 1 fully saturated rings. The van der Waals surface area contributed by atoms with E-state index in [-0.39, 0.29) is 77.4 Å². The zero-order valence-corrected chi connectivity index (χ0v) is 21.8. The number of rotatable bonds is 5. The number of carbonyl (C=O) groups excluding carboxylic acids is 2. The molecule has 152 valence electrons. The van der Waals surface area contributed by atoms with Gasteiger partial charge < -0.3 is 28.7 Å². The maximum atomic E-state index is 12.9. The molecule has 30 heavy (non-hydrogen) atoms. The van der Waals surface area contributed by atoms with Crippen LogP contribution < -0.4 is 63.3 Å². The van der Waals surface area contributed by atoms with Gasteiger partial charge in [-0.2, -0.15) is 5.26 Å². The van der Waals surface area contributed by atoms with Gasteiger partial charge in [0.25, 0.3) is 0 Å². The van der Waals surface area contributed by atoms with E-state index >= 15 is 0 Å². The van der Waals surface area contributed by atoms with Gasteiger partial charge in [-0.05, 0) is 42.0 Å². The largest absolute Gasteiger partial charge is 1.00 e. The number of nitrogens with zero attached hydrogens (tertiary/aromatic N) is 3. The first kappa shape index (κ1) is 26.4. The van der Waals surface area contributed by atoms with Crippen LogP contribution in [0.4, 0.5) is 16.2 Å². The first-order valence-corrected chi connectivity index (χ1v) is 9.12. The smallest absolute Gasteiger partial charge is 1.00 e. The Morgan fingerprint density at radius 3 is 1.93 bits per heavy atom. The first-order valence-electron chi connectivity index (χ1n) is 9.12. The van der Waals surface area contributed by atoms with Crippen LogP contribution in [0.25, 0.3) is 0 Å². The number of hydrogen-bond donors (Lipinski definition) is 0. The minimum Gasteiger partial charge on any atom is -1.00 e. The Labute approximate surface area is 216 Å². The van der Waals surface area contributed by atoms with E-state index in [4.69, 9.17) is 10.00 Å². The van der Waals surface area contributed by atoms with Crippen molar-refractivity contribution in [3.63, 3.8) is 0 Å². The fourth-order valence-electron chi connectivity index (χ4n) is 3.36. The topological polar surface area (TPSA) is 73.6 Å². The maximum absolute atomic E-state index is 12.9. The van der Waals surface area contributed by atoms with Crippen molar-refractivity contribution in [3.05, 3.63) is 59.7 Å². The van der Waals surface area contributed by atoms with Gasteiger partial charge in [0.1, 0.15) is 0 Å². The number of amides is 2. The molecule has 0 aromatic heterocycles. The quantitative estimate of drug-likeness (QED) is 0.253. The third-order valence-corrected chi connectivity index (χ3v) is 5.09. The molecule has 3 rings (SSSR count). The predicted molar refractivity (Wildman–Crippen MR) is 107 cm³/mol. The van der Waals surface area contributed by atoms with Gasteiger partial charge in [-0.25, -0.2) is 4.79 Å². The van der Waals surface area contributed by atoms with Gasteiger partial charge in [0.2, 0.25) is 0 Å². The molecule has 0 aliphatic carbocycles. The third-order valence-electron chi connectivity index (χ3n) is 5.09. The van der Waals surface area contributed by atoms with E-state index in [1.165, 1.54) is 7.11 Å². The van der Waals surface area contributed by atoms with Gasteiger partial charge in [0.15, 0.2) is 0 Å². The number of carbonyl (C=O) groups is 2. The van der Waals surface area contributed by atoms with Crippen LogP contribution in [-0.4, -0.2) is 32.2 Å². The van der Waals surface area contributed by atoms with Crippen LogP contribution in [0, 0.1) is 11.3 Å². The molecule has 2 amide bonds. The molecule has 1 aliphatic rings. The maximum Gasteiger partial charge on any atom is 1.00 e. The fourth-order valence-corrected chi connectivity index (χ4v) is 3.36. The van der Waals surface area contributed by atoms with Crippen LogP contribution in [0.2, 0.25) is 0 Å². The molecule has 1 saturated heterocycles. The van der Waals surface area contributed by atoms with E-state index in [1.54, 1.807) is 34.1 Å². The second-order valence-corrected chi connectivity index (χ2v) is 7.43. The monoisotopic (exact) mass is 527 g/mol. The van der Waals surface area contributed by atoms with Crippen molar-refractivity contribution in [2.45, 2.75) is 25.7 Å². The van der Waals surface area contributed by atoms with Crippen LogP contribution in [0.5, 0.6) is 0 Å². The predicted octanol–water partition coefficient (Wildman–Crippen LogP) is -2.15. The SMILES string of the molecule is COC(=O)CC(C)(C)c1ccc(N2CCN(c3ccc(C#N)cc3)C2=O)cc1.[I-].[Na+]. The molecule has 0 N–H and O–H groups in total. The summed E-state index contributed by atoms with van der Waals surface area (Å²) < 4.78 is 4.78. The number of hydrogen-bond acceptors (Lipinski definition) is 4. The van der Waals surface area contributed by atoms with E-state index < -0.39 is 0 Å². The summed E-state index contributed by atoms with van der Waals surface area (Å²) in [4.78, 5) is 27.9. The Morgan fingerprint density at radius 2 is 1.50 bits per heavy atom. The van der Waals surface area contributed by atoms with Gasteiger partial charge in [-0.3, -0.25) is 14.6 Å². The Kier molecular flexibility index (Phi) is 9.82. The molecule has 6 nitrogen and oxygen atoms in total. The number of ether oxygens (including phenoxy) is 1. The molecule has 2 aromatic rings. The molecule has 0 spiro atoms. The zero-order valence-electron chi connectivity index (χ0n) is 17.7. The second-order valence-electron chi connectivity index (χ2n) is 7.43. The van der Waals surface area contributed by atoms with Crippen LogP contribution in [0.1, 0.15) is 31.4 Å². The van der Waals surface area contributed by atoms with Gasteiger partial charge in [0.05, 0.1) is 25.2 Å². The number of methoxy groups -OCH3 is 1. The minimum absolute atomic E-state index is 0. The standard InChI is InChI=1S/C22H23N3O3.HI.Na/c1-22(2,14-20(26)28-3)17-6-10-19(11-7-17)25-13-12-24(21(25)27)18-8-4-16(15-23)5-9-18;;/h4-11H,12-14H2,1-3H3;1H;/q;;+1/p-1.